The van der Waals surface area contributed by atoms with Crippen molar-refractivity contribution in [2.24, 2.45) is 5.11 Å². The number of carbonyl (C=O) groups excluding carboxylic acids is 1. The molecule has 0 saturated carbocycles. The van der Waals surface area contributed by atoms with E-state index in [4.69, 9.17) is 19.5 Å². The summed E-state index contributed by atoms with van der Waals surface area (Å²) in [4.78, 5) is 41.4. The predicted molar refractivity (Wildman–Crippen MR) is 99.4 cm³/mol. The van der Waals surface area contributed by atoms with Crippen molar-refractivity contribution in [2.75, 3.05) is 13.2 Å². The number of aliphatic hydroxyl groups excluding tert-OH is 1. The quantitative estimate of drug-likeness (QED) is 0.190. The van der Waals surface area contributed by atoms with Gasteiger partial charge in [-0.05, 0) is 26.3 Å². The summed E-state index contributed by atoms with van der Waals surface area (Å²) in [6, 6.07) is -3.15. The van der Waals surface area contributed by atoms with Crippen LogP contribution in [0.1, 0.15) is 32.1 Å². The van der Waals surface area contributed by atoms with Crippen LogP contribution in [0.4, 0.5) is 0 Å². The third-order valence-electron chi connectivity index (χ3n) is 4.23. The van der Waals surface area contributed by atoms with Gasteiger partial charge in [0.15, 0.2) is 0 Å². The Kier molecular flexibility index (Phi) is 7.53. The highest BCUT2D eigenvalue weighted by atomic mass is 31.2. The molecule has 14 heteroatoms. The van der Waals surface area contributed by atoms with E-state index in [-0.39, 0.29) is 25.2 Å². The van der Waals surface area contributed by atoms with Crippen LogP contribution in [-0.2, 0) is 23.4 Å². The molecule has 2 rings (SSSR count). The van der Waals surface area contributed by atoms with Crippen LogP contribution >= 0.6 is 7.37 Å². The molecular weight excluding hydrogens is 409 g/mol. The van der Waals surface area contributed by atoms with E-state index < -0.39 is 48.5 Å². The topological polar surface area (TPSA) is 186 Å². The van der Waals surface area contributed by atoms with E-state index in [0.29, 0.717) is 0 Å². The highest BCUT2D eigenvalue weighted by molar-refractivity contribution is 7.76. The first-order chi connectivity index (χ1) is 13.7. The van der Waals surface area contributed by atoms with E-state index in [0.717, 1.165) is 4.57 Å². The first-order valence-corrected chi connectivity index (χ1v) is 10.5. The molecule has 0 spiro atoms. The summed E-state index contributed by atoms with van der Waals surface area (Å²) < 4.78 is 29.6. The standard InChI is InChI=1S/C15H22N5O8P/c1-4-26-15(24)29(25,27-5-2)13(22)11-9(18-19-16)6-10(28-11)20-7-8(3)12(21)17-14(20)23/h7,9-11,15,24H,4-6H2,1-3H3,(H,17,21,23)/t9-,10+,11-,15?,29?/m0/s1. The Bertz CT molecular complexity index is 968. The minimum atomic E-state index is -4.43. The molecule has 0 bridgehead atoms. The van der Waals surface area contributed by atoms with E-state index in [1.165, 1.54) is 27.0 Å². The second kappa shape index (κ2) is 9.49. The van der Waals surface area contributed by atoms with E-state index in [1.807, 2.05) is 0 Å². The summed E-state index contributed by atoms with van der Waals surface area (Å²) in [5, 5.41) is 13.6. The molecule has 0 aliphatic carbocycles. The average Bonchev–Trinajstić information content (AvgIpc) is 3.08. The Hall–Kier alpha value is -2.27. The van der Waals surface area contributed by atoms with Gasteiger partial charge >= 0.3 is 13.1 Å². The minimum Gasteiger partial charge on any atom is -0.360 e. The zero-order chi connectivity index (χ0) is 21.8. The van der Waals surface area contributed by atoms with E-state index in [2.05, 4.69) is 15.0 Å². The Labute approximate surface area is 164 Å². The fourth-order valence-electron chi connectivity index (χ4n) is 2.87. The fourth-order valence-corrected chi connectivity index (χ4v) is 4.66. The van der Waals surface area contributed by atoms with Crippen molar-refractivity contribution in [3.05, 3.63) is 43.0 Å². The van der Waals surface area contributed by atoms with Gasteiger partial charge in [0.25, 0.3) is 11.1 Å². The molecule has 29 heavy (non-hydrogen) atoms. The lowest BCUT2D eigenvalue weighted by atomic mass is 10.1. The van der Waals surface area contributed by atoms with Crippen LogP contribution in [0.25, 0.3) is 10.4 Å². The summed E-state index contributed by atoms with van der Waals surface area (Å²) in [5.74, 6) is 0. The predicted octanol–water partition coefficient (Wildman–Crippen LogP) is 0.965. The van der Waals surface area contributed by atoms with Crippen LogP contribution in [0.15, 0.2) is 20.9 Å². The maximum absolute atomic E-state index is 13.1. The molecule has 1 aromatic heterocycles. The molecule has 5 atom stereocenters. The summed E-state index contributed by atoms with van der Waals surface area (Å²) in [7, 11) is -4.43. The van der Waals surface area contributed by atoms with Crippen LogP contribution in [0.3, 0.4) is 0 Å². The Morgan fingerprint density at radius 3 is 2.79 bits per heavy atom. The second-order valence-electron chi connectivity index (χ2n) is 6.13. The number of hydrogen-bond acceptors (Lipinski definition) is 9. The van der Waals surface area contributed by atoms with Gasteiger partial charge in [-0.1, -0.05) is 5.11 Å². The smallest absolute Gasteiger partial charge is 0.330 e. The highest BCUT2D eigenvalue weighted by Crippen LogP contribution is 2.55. The number of aromatic nitrogens is 2. The monoisotopic (exact) mass is 431 g/mol. The third kappa shape index (κ3) is 4.67. The Balaban J connectivity index is 2.42. The summed E-state index contributed by atoms with van der Waals surface area (Å²) in [5.41, 5.74) is 6.54. The van der Waals surface area contributed by atoms with Crippen molar-refractivity contribution in [1.82, 2.24) is 9.55 Å². The lowest BCUT2D eigenvalue weighted by Gasteiger charge is -2.25. The number of H-pyrrole nitrogens is 1. The van der Waals surface area contributed by atoms with Gasteiger partial charge < -0.3 is 19.1 Å². The molecule has 2 heterocycles. The molecule has 2 unspecified atom stereocenters. The van der Waals surface area contributed by atoms with E-state index >= 15 is 0 Å². The number of aryl methyl sites for hydroxylation is 1. The van der Waals surface area contributed by atoms with Crippen molar-refractivity contribution in [3.8, 4) is 0 Å². The zero-order valence-corrected chi connectivity index (χ0v) is 16.9. The summed E-state index contributed by atoms with van der Waals surface area (Å²) >= 11 is 0. The van der Waals surface area contributed by atoms with Gasteiger partial charge in [0.2, 0.25) is 6.03 Å². The maximum Gasteiger partial charge on any atom is 0.330 e. The number of nitrogens with one attached hydrogen (secondary N) is 1. The number of rotatable bonds is 9. The van der Waals surface area contributed by atoms with Crippen molar-refractivity contribution in [3.63, 3.8) is 0 Å². The molecule has 0 amide bonds. The molecular formula is C15H22N5O8P. The molecule has 160 valence electrons. The molecule has 1 fully saturated rings. The highest BCUT2D eigenvalue weighted by Gasteiger charge is 2.51. The zero-order valence-electron chi connectivity index (χ0n) is 16.0. The first-order valence-electron chi connectivity index (χ1n) is 8.79. The molecule has 0 radical (unpaired) electrons. The third-order valence-corrected chi connectivity index (χ3v) is 6.47. The van der Waals surface area contributed by atoms with Gasteiger partial charge in [-0.2, -0.15) is 0 Å². The minimum absolute atomic E-state index is 0.0362. The molecule has 1 saturated heterocycles. The van der Waals surface area contributed by atoms with E-state index in [1.54, 1.807) is 0 Å². The second-order valence-corrected chi connectivity index (χ2v) is 8.47. The molecule has 2 N–H and O–H groups in total. The molecule has 0 aromatic carbocycles. The van der Waals surface area contributed by atoms with Crippen molar-refractivity contribution >= 4 is 12.9 Å². The number of ether oxygens (including phenoxy) is 2. The van der Waals surface area contributed by atoms with Crippen molar-refractivity contribution < 1.29 is 28.5 Å². The Morgan fingerprint density at radius 1 is 1.52 bits per heavy atom. The molecule has 13 nitrogen and oxygen atoms in total. The molecule has 1 aliphatic heterocycles. The van der Waals surface area contributed by atoms with Crippen LogP contribution in [-0.4, -0.2) is 51.6 Å². The van der Waals surface area contributed by atoms with Gasteiger partial charge in [0.1, 0.15) is 12.3 Å². The lowest BCUT2D eigenvalue weighted by molar-refractivity contribution is -0.127. The number of hydrogen-bond donors (Lipinski definition) is 2. The summed E-state index contributed by atoms with van der Waals surface area (Å²) in [6.45, 7) is 4.28. The number of aromatic amines is 1. The number of nitrogens with zero attached hydrogens (tertiary/aromatic N) is 4. The van der Waals surface area contributed by atoms with Crippen LogP contribution < -0.4 is 11.2 Å². The number of aliphatic hydroxyl groups is 1. The molecule has 1 aromatic rings. The van der Waals surface area contributed by atoms with E-state index in [9.17, 15) is 24.1 Å². The lowest BCUT2D eigenvalue weighted by Crippen LogP contribution is -2.35. The fraction of sp³-hybridized carbons (Fsp3) is 0.667. The van der Waals surface area contributed by atoms with Crippen molar-refractivity contribution in [2.45, 2.75) is 51.6 Å². The van der Waals surface area contributed by atoms with Gasteiger partial charge in [-0.15, -0.1) is 0 Å². The Morgan fingerprint density at radius 2 is 2.21 bits per heavy atom. The number of azide groups is 1. The largest absolute Gasteiger partial charge is 0.360 e. The number of carbonyl (C=O) groups is 1. The van der Waals surface area contributed by atoms with Gasteiger partial charge in [-0.25, -0.2) is 4.79 Å². The van der Waals surface area contributed by atoms with Crippen molar-refractivity contribution in [1.29, 1.82) is 0 Å². The molecule has 1 aliphatic rings. The average molecular weight is 431 g/mol. The maximum atomic E-state index is 13.1. The van der Waals surface area contributed by atoms with Crippen LogP contribution in [0.2, 0.25) is 0 Å². The normalized spacial score (nSPS) is 24.5. The summed E-state index contributed by atoms with van der Waals surface area (Å²) in [6.07, 6.45) is -1.50. The van der Waals surface area contributed by atoms with Gasteiger partial charge in [0, 0.05) is 29.7 Å². The first kappa shape index (κ1) is 23.0. The van der Waals surface area contributed by atoms with Crippen LogP contribution in [0.5, 0.6) is 0 Å². The van der Waals surface area contributed by atoms with Gasteiger partial charge in [-0.3, -0.25) is 23.7 Å². The SMILES string of the molecule is CCOC(O)P(=O)(OCC)C(=O)[C@H]1O[C@@H](n2cc(C)c(=O)[nH]c2=O)C[C@@H]1N=[N+]=[N-]. The van der Waals surface area contributed by atoms with Gasteiger partial charge in [0.05, 0.1) is 12.6 Å². The van der Waals surface area contributed by atoms with Crippen LogP contribution in [0, 0.1) is 6.92 Å².